The summed E-state index contributed by atoms with van der Waals surface area (Å²) in [5.41, 5.74) is 0. The molecule has 0 bridgehead atoms. The van der Waals surface area contributed by atoms with Gasteiger partial charge < -0.3 is 8.85 Å². The van der Waals surface area contributed by atoms with Gasteiger partial charge >= 0.3 is 9.28 Å². The second kappa shape index (κ2) is 9.57. The van der Waals surface area contributed by atoms with Gasteiger partial charge in [0.1, 0.15) is 0 Å². The molecule has 0 aliphatic rings. The molecule has 0 rings (SSSR count). The van der Waals surface area contributed by atoms with Gasteiger partial charge in [0.2, 0.25) is 0 Å². The van der Waals surface area contributed by atoms with E-state index in [0.29, 0.717) is 0 Å². The van der Waals surface area contributed by atoms with Crippen LogP contribution < -0.4 is 0 Å². The van der Waals surface area contributed by atoms with Gasteiger partial charge in [-0.15, -0.1) is 0 Å². The molecule has 0 saturated heterocycles. The Labute approximate surface area is 82.9 Å². The van der Waals surface area contributed by atoms with Crippen LogP contribution in [0.3, 0.4) is 0 Å². The van der Waals surface area contributed by atoms with E-state index < -0.39 is 9.28 Å². The van der Waals surface area contributed by atoms with Gasteiger partial charge in [-0.25, -0.2) is 0 Å². The summed E-state index contributed by atoms with van der Waals surface area (Å²) in [6.45, 7) is 5.92. The van der Waals surface area contributed by atoms with Crippen LogP contribution in [0, 0.1) is 0 Å². The topological polar surface area (TPSA) is 18.5 Å². The molecular weight excluding hydrogens is 188 g/mol. The molecule has 0 aliphatic heterocycles. The predicted octanol–water partition coefficient (Wildman–Crippen LogP) is 1.99. The third kappa shape index (κ3) is 7.15. The van der Waals surface area contributed by atoms with Crippen molar-refractivity contribution in [2.45, 2.75) is 32.7 Å². The van der Waals surface area contributed by atoms with Gasteiger partial charge in [-0.05, 0) is 24.6 Å². The Bertz CT molecular complexity index is 85.1. The van der Waals surface area contributed by atoms with Crippen molar-refractivity contribution in [3.63, 3.8) is 0 Å². The maximum Gasteiger partial charge on any atom is 0.322 e. The standard InChI is InChI=1S/C8H20O2SSi/c1-3-5-9-12(8-7-11)10-6-4-2/h11-12H,3-8H2,1-2H3. The van der Waals surface area contributed by atoms with E-state index in [0.717, 1.165) is 37.9 Å². The fraction of sp³-hybridized carbons (Fsp3) is 1.00. The molecule has 0 spiro atoms. The zero-order valence-corrected chi connectivity index (χ0v) is 10.1. The summed E-state index contributed by atoms with van der Waals surface area (Å²) < 4.78 is 11.2. The molecule has 0 radical (unpaired) electrons. The summed E-state index contributed by atoms with van der Waals surface area (Å²) in [5, 5.41) is 0. The predicted molar refractivity (Wildman–Crippen MR) is 58.3 cm³/mol. The highest BCUT2D eigenvalue weighted by atomic mass is 32.1. The Morgan fingerprint density at radius 1 is 1.08 bits per heavy atom. The molecule has 0 amide bonds. The van der Waals surface area contributed by atoms with E-state index >= 15 is 0 Å². The summed E-state index contributed by atoms with van der Waals surface area (Å²) in [6, 6.07) is 1.02. The minimum Gasteiger partial charge on any atom is -0.397 e. The van der Waals surface area contributed by atoms with Gasteiger partial charge in [0, 0.05) is 13.2 Å². The average molecular weight is 208 g/mol. The summed E-state index contributed by atoms with van der Waals surface area (Å²) in [7, 11) is -1.35. The summed E-state index contributed by atoms with van der Waals surface area (Å²) in [5.74, 6) is 0.879. The molecule has 0 aliphatic carbocycles. The molecule has 12 heavy (non-hydrogen) atoms. The lowest BCUT2D eigenvalue weighted by molar-refractivity contribution is 0.198. The Hall–Kier alpha value is 0.487. The first kappa shape index (κ1) is 12.5. The summed E-state index contributed by atoms with van der Waals surface area (Å²) in [6.07, 6.45) is 2.15. The number of thiol groups is 1. The van der Waals surface area contributed by atoms with Crippen molar-refractivity contribution in [1.29, 1.82) is 0 Å². The Morgan fingerprint density at radius 2 is 1.58 bits per heavy atom. The van der Waals surface area contributed by atoms with Crippen molar-refractivity contribution in [1.82, 2.24) is 0 Å². The van der Waals surface area contributed by atoms with Crippen molar-refractivity contribution in [3.8, 4) is 0 Å². The number of hydrogen-bond donors (Lipinski definition) is 1. The second-order valence-corrected chi connectivity index (χ2v) is 5.23. The van der Waals surface area contributed by atoms with E-state index in [1.54, 1.807) is 0 Å². The maximum absolute atomic E-state index is 5.60. The van der Waals surface area contributed by atoms with Crippen molar-refractivity contribution in [2.24, 2.45) is 0 Å². The third-order valence-corrected chi connectivity index (χ3v) is 4.10. The van der Waals surface area contributed by atoms with Crippen LogP contribution in [-0.4, -0.2) is 28.3 Å². The van der Waals surface area contributed by atoms with E-state index in [2.05, 4.69) is 26.5 Å². The highest BCUT2D eigenvalue weighted by Crippen LogP contribution is 2.00. The van der Waals surface area contributed by atoms with Crippen LogP contribution in [0.5, 0.6) is 0 Å². The first-order chi connectivity index (χ1) is 5.85. The lowest BCUT2D eigenvalue weighted by Gasteiger charge is -2.14. The summed E-state index contributed by atoms with van der Waals surface area (Å²) in [4.78, 5) is 0. The Kier molecular flexibility index (Phi) is 9.96. The number of hydrogen-bond acceptors (Lipinski definition) is 3. The highest BCUT2D eigenvalue weighted by Gasteiger charge is 2.10. The molecule has 0 heterocycles. The van der Waals surface area contributed by atoms with E-state index in [9.17, 15) is 0 Å². The number of rotatable bonds is 8. The van der Waals surface area contributed by atoms with Crippen LogP contribution in [-0.2, 0) is 8.85 Å². The van der Waals surface area contributed by atoms with Gasteiger partial charge in [0.25, 0.3) is 0 Å². The van der Waals surface area contributed by atoms with Crippen LogP contribution in [0.1, 0.15) is 26.7 Å². The summed E-state index contributed by atoms with van der Waals surface area (Å²) >= 11 is 4.18. The van der Waals surface area contributed by atoms with Crippen molar-refractivity contribution in [2.75, 3.05) is 19.0 Å². The molecule has 0 unspecified atom stereocenters. The lowest BCUT2D eigenvalue weighted by atomic mass is 10.5. The SMILES string of the molecule is CCCO[SiH](CCS)OCCC. The van der Waals surface area contributed by atoms with Gasteiger partial charge in [0.15, 0.2) is 0 Å². The van der Waals surface area contributed by atoms with E-state index in [-0.39, 0.29) is 0 Å². The van der Waals surface area contributed by atoms with Crippen molar-refractivity contribution in [3.05, 3.63) is 0 Å². The molecular formula is C8H20O2SSi. The molecule has 0 aromatic rings. The zero-order valence-electron chi connectivity index (χ0n) is 8.08. The quantitative estimate of drug-likeness (QED) is 0.486. The normalized spacial score (nSPS) is 11.0. The third-order valence-electron chi connectivity index (χ3n) is 1.38. The molecule has 0 N–H and O–H groups in total. The molecule has 2 nitrogen and oxygen atoms in total. The highest BCUT2D eigenvalue weighted by molar-refractivity contribution is 7.80. The van der Waals surface area contributed by atoms with Gasteiger partial charge in [0.05, 0.1) is 0 Å². The van der Waals surface area contributed by atoms with Crippen molar-refractivity contribution >= 4 is 21.9 Å². The molecule has 0 aromatic carbocycles. The molecule has 0 fully saturated rings. The maximum atomic E-state index is 5.60. The van der Waals surface area contributed by atoms with E-state index in [4.69, 9.17) is 8.85 Å². The van der Waals surface area contributed by atoms with E-state index in [1.165, 1.54) is 0 Å². The molecule has 4 heteroatoms. The van der Waals surface area contributed by atoms with Gasteiger partial charge in [-0.2, -0.15) is 12.6 Å². The fourth-order valence-corrected chi connectivity index (χ4v) is 3.09. The van der Waals surface area contributed by atoms with Crippen LogP contribution in [0.15, 0.2) is 0 Å². The fourth-order valence-electron chi connectivity index (χ4n) is 0.819. The first-order valence-electron chi connectivity index (χ1n) is 4.69. The van der Waals surface area contributed by atoms with Crippen LogP contribution in [0.2, 0.25) is 6.04 Å². The molecule has 0 saturated carbocycles. The smallest absolute Gasteiger partial charge is 0.322 e. The molecule has 74 valence electrons. The zero-order chi connectivity index (χ0) is 9.23. The minimum absolute atomic E-state index is 0.842. The van der Waals surface area contributed by atoms with Crippen LogP contribution >= 0.6 is 12.6 Å². The monoisotopic (exact) mass is 208 g/mol. The Morgan fingerprint density at radius 3 is 1.92 bits per heavy atom. The largest absolute Gasteiger partial charge is 0.397 e. The van der Waals surface area contributed by atoms with Crippen LogP contribution in [0.4, 0.5) is 0 Å². The van der Waals surface area contributed by atoms with Gasteiger partial charge in [-0.3, -0.25) is 0 Å². The second-order valence-electron chi connectivity index (χ2n) is 2.68. The Balaban J connectivity index is 3.40. The van der Waals surface area contributed by atoms with Crippen molar-refractivity contribution < 1.29 is 8.85 Å². The van der Waals surface area contributed by atoms with Gasteiger partial charge in [-0.1, -0.05) is 13.8 Å². The molecule has 0 aromatic heterocycles. The molecule has 0 atom stereocenters. The average Bonchev–Trinajstić information content (AvgIpc) is 2.10. The van der Waals surface area contributed by atoms with Crippen LogP contribution in [0.25, 0.3) is 0 Å². The minimum atomic E-state index is -1.35. The first-order valence-corrected chi connectivity index (χ1v) is 7.08. The lowest BCUT2D eigenvalue weighted by Crippen LogP contribution is -2.24. The van der Waals surface area contributed by atoms with E-state index in [1.807, 2.05) is 0 Å².